The molecule has 0 spiro atoms. The minimum Gasteiger partial charge on any atom is -0.444 e. The molecule has 0 aliphatic heterocycles. The predicted octanol–water partition coefficient (Wildman–Crippen LogP) is 3.83. The fourth-order valence-electron chi connectivity index (χ4n) is 1.33. The summed E-state index contributed by atoms with van der Waals surface area (Å²) in [5.41, 5.74) is -0.444. The Morgan fingerprint density at radius 3 is 2.19 bits per heavy atom. The largest absolute Gasteiger partial charge is 0.444 e. The fourth-order valence-corrected chi connectivity index (χ4v) is 1.75. The molecular weight excluding hydrogens is 317 g/mol. The normalized spacial score (nSPS) is 14.2. The molecule has 4 heteroatoms. The molecular formula is C12H22INO2. The summed E-state index contributed by atoms with van der Waals surface area (Å²) in [6, 6.07) is 0.0757. The van der Waals surface area contributed by atoms with Gasteiger partial charge in [-0.3, -0.25) is 0 Å². The van der Waals surface area contributed by atoms with Gasteiger partial charge in [0.1, 0.15) is 5.60 Å². The third kappa shape index (κ3) is 5.72. The molecule has 0 rings (SSSR count). The molecule has 1 atom stereocenters. The molecule has 16 heavy (non-hydrogen) atoms. The Morgan fingerprint density at radius 1 is 1.38 bits per heavy atom. The van der Waals surface area contributed by atoms with E-state index >= 15 is 0 Å². The number of likely N-dealkylation sites (N-methyl/N-ethyl adjacent to an activating group) is 1. The first kappa shape index (κ1) is 15.7. The maximum atomic E-state index is 11.8. The van der Waals surface area contributed by atoms with Crippen molar-refractivity contribution in [3.05, 3.63) is 10.2 Å². The van der Waals surface area contributed by atoms with Gasteiger partial charge in [-0.05, 0) is 30.8 Å². The zero-order valence-electron chi connectivity index (χ0n) is 11.0. The summed E-state index contributed by atoms with van der Waals surface area (Å²) in [6.07, 6.45) is 1.73. The van der Waals surface area contributed by atoms with Crippen LogP contribution in [0.4, 0.5) is 4.79 Å². The second kappa shape index (κ2) is 6.47. The van der Waals surface area contributed by atoms with Gasteiger partial charge in [0, 0.05) is 7.05 Å². The molecule has 0 radical (unpaired) electrons. The van der Waals surface area contributed by atoms with Gasteiger partial charge in [0.2, 0.25) is 0 Å². The van der Waals surface area contributed by atoms with E-state index in [9.17, 15) is 4.79 Å². The first-order valence-electron chi connectivity index (χ1n) is 5.41. The zero-order valence-corrected chi connectivity index (χ0v) is 13.1. The highest BCUT2D eigenvalue weighted by Gasteiger charge is 2.25. The second-order valence-electron chi connectivity index (χ2n) is 5.14. The summed E-state index contributed by atoms with van der Waals surface area (Å²) < 4.78 is 7.26. The van der Waals surface area contributed by atoms with Crippen molar-refractivity contribution in [2.45, 2.75) is 46.3 Å². The Kier molecular flexibility index (Phi) is 6.36. The molecule has 1 amide bonds. The Morgan fingerprint density at radius 2 is 1.88 bits per heavy atom. The van der Waals surface area contributed by atoms with Crippen molar-refractivity contribution in [1.29, 1.82) is 0 Å². The highest BCUT2D eigenvalue weighted by molar-refractivity contribution is 14.1. The lowest BCUT2D eigenvalue weighted by atomic mass is 10.0. The quantitative estimate of drug-likeness (QED) is 0.732. The van der Waals surface area contributed by atoms with E-state index in [1.807, 2.05) is 30.9 Å². The molecule has 0 saturated heterocycles. The van der Waals surface area contributed by atoms with Crippen LogP contribution in [-0.2, 0) is 4.74 Å². The molecule has 0 heterocycles. The Labute approximate surface area is 112 Å². The number of carbonyl (C=O) groups is 1. The lowest BCUT2D eigenvalue weighted by molar-refractivity contribution is 0.0223. The van der Waals surface area contributed by atoms with Gasteiger partial charge in [-0.15, -0.1) is 0 Å². The standard InChI is InChI=1S/C12H22INO2/c1-9(2)10(7-8-13)14(6)11(15)16-12(3,4)5/h7-10H,1-6H3/t10-/m1/s1. The van der Waals surface area contributed by atoms with Crippen molar-refractivity contribution in [3.63, 3.8) is 0 Å². The van der Waals surface area contributed by atoms with Crippen LogP contribution in [-0.4, -0.2) is 29.7 Å². The van der Waals surface area contributed by atoms with Crippen LogP contribution >= 0.6 is 22.6 Å². The van der Waals surface area contributed by atoms with Gasteiger partial charge < -0.3 is 9.64 Å². The van der Waals surface area contributed by atoms with Crippen molar-refractivity contribution in [1.82, 2.24) is 4.90 Å². The number of amides is 1. The molecule has 0 aromatic rings. The Bertz CT molecular complexity index is 256. The number of hydrogen-bond donors (Lipinski definition) is 0. The minimum atomic E-state index is -0.444. The van der Waals surface area contributed by atoms with Crippen LogP contribution in [0.25, 0.3) is 0 Å². The molecule has 0 aromatic heterocycles. The monoisotopic (exact) mass is 339 g/mol. The summed E-state index contributed by atoms with van der Waals surface area (Å²) in [6.45, 7) is 9.79. The molecule has 0 aliphatic carbocycles. The van der Waals surface area contributed by atoms with E-state index in [2.05, 4.69) is 36.4 Å². The van der Waals surface area contributed by atoms with Crippen LogP contribution in [0.5, 0.6) is 0 Å². The Hall–Kier alpha value is -0.260. The molecule has 3 nitrogen and oxygen atoms in total. The van der Waals surface area contributed by atoms with Crippen LogP contribution in [0.3, 0.4) is 0 Å². The third-order valence-electron chi connectivity index (χ3n) is 2.08. The lowest BCUT2D eigenvalue weighted by Gasteiger charge is -2.31. The smallest absolute Gasteiger partial charge is 0.410 e. The molecule has 0 saturated carbocycles. The first-order chi connectivity index (χ1) is 7.19. The van der Waals surface area contributed by atoms with Crippen molar-refractivity contribution in [2.75, 3.05) is 7.05 Å². The average Bonchev–Trinajstić information content (AvgIpc) is 2.09. The van der Waals surface area contributed by atoms with Gasteiger partial charge in [-0.25, -0.2) is 4.79 Å². The number of nitrogens with zero attached hydrogens (tertiary/aromatic N) is 1. The lowest BCUT2D eigenvalue weighted by Crippen LogP contribution is -2.42. The highest BCUT2D eigenvalue weighted by atomic mass is 127. The van der Waals surface area contributed by atoms with E-state index < -0.39 is 5.60 Å². The van der Waals surface area contributed by atoms with Crippen molar-refractivity contribution >= 4 is 28.7 Å². The van der Waals surface area contributed by atoms with Gasteiger partial charge >= 0.3 is 6.09 Å². The maximum absolute atomic E-state index is 11.8. The van der Waals surface area contributed by atoms with Gasteiger partial charge in [0.25, 0.3) is 0 Å². The zero-order chi connectivity index (χ0) is 12.9. The predicted molar refractivity (Wildman–Crippen MR) is 75.8 cm³/mol. The topological polar surface area (TPSA) is 29.5 Å². The van der Waals surface area contributed by atoms with Gasteiger partial charge in [0.05, 0.1) is 6.04 Å². The third-order valence-corrected chi connectivity index (χ3v) is 2.50. The molecule has 0 fully saturated rings. The molecule has 0 bridgehead atoms. The number of hydrogen-bond acceptors (Lipinski definition) is 2. The molecule has 94 valence electrons. The summed E-state index contributed by atoms with van der Waals surface area (Å²) in [5, 5.41) is 0. The molecule has 0 N–H and O–H groups in total. The van der Waals surface area contributed by atoms with E-state index in [0.717, 1.165) is 0 Å². The fraction of sp³-hybridized carbons (Fsp3) is 0.750. The SMILES string of the molecule is CC(C)[C@@H](C=CI)N(C)C(=O)OC(C)(C)C. The first-order valence-corrected chi connectivity index (χ1v) is 6.66. The van der Waals surface area contributed by atoms with Crippen LogP contribution in [0, 0.1) is 5.92 Å². The van der Waals surface area contributed by atoms with E-state index in [1.165, 1.54) is 0 Å². The number of rotatable bonds is 3. The van der Waals surface area contributed by atoms with Gasteiger partial charge in [-0.1, -0.05) is 42.5 Å². The van der Waals surface area contributed by atoms with Crippen LogP contribution in [0.1, 0.15) is 34.6 Å². The van der Waals surface area contributed by atoms with Gasteiger partial charge in [0.15, 0.2) is 0 Å². The van der Waals surface area contributed by atoms with Crippen molar-refractivity contribution < 1.29 is 9.53 Å². The van der Waals surface area contributed by atoms with E-state index in [4.69, 9.17) is 4.74 Å². The van der Waals surface area contributed by atoms with E-state index in [1.54, 1.807) is 11.9 Å². The minimum absolute atomic E-state index is 0.0757. The summed E-state index contributed by atoms with van der Waals surface area (Å²) in [4.78, 5) is 13.5. The van der Waals surface area contributed by atoms with Crippen molar-refractivity contribution in [3.8, 4) is 0 Å². The van der Waals surface area contributed by atoms with Gasteiger partial charge in [-0.2, -0.15) is 0 Å². The summed E-state index contributed by atoms with van der Waals surface area (Å²) in [5.74, 6) is 0.364. The summed E-state index contributed by atoms with van der Waals surface area (Å²) in [7, 11) is 1.77. The molecule has 0 aromatic carbocycles. The van der Waals surface area contributed by atoms with Crippen LogP contribution < -0.4 is 0 Å². The van der Waals surface area contributed by atoms with Crippen LogP contribution in [0.15, 0.2) is 10.2 Å². The number of carbonyl (C=O) groups excluding carboxylic acids is 1. The van der Waals surface area contributed by atoms with E-state index in [-0.39, 0.29) is 12.1 Å². The Balaban J connectivity index is 4.62. The van der Waals surface area contributed by atoms with Crippen molar-refractivity contribution in [2.24, 2.45) is 5.92 Å². The second-order valence-corrected chi connectivity index (χ2v) is 5.86. The average molecular weight is 339 g/mol. The van der Waals surface area contributed by atoms with E-state index in [0.29, 0.717) is 5.92 Å². The number of ether oxygens (including phenoxy) is 1. The van der Waals surface area contributed by atoms with Crippen LogP contribution in [0.2, 0.25) is 0 Å². The molecule has 0 aliphatic rings. The highest BCUT2D eigenvalue weighted by Crippen LogP contribution is 2.16. The summed E-state index contributed by atoms with van der Waals surface area (Å²) >= 11 is 2.16. The molecule has 0 unspecified atom stereocenters. The maximum Gasteiger partial charge on any atom is 0.410 e. The number of halogens is 1.